The third-order valence-electron chi connectivity index (χ3n) is 9.79. The van der Waals surface area contributed by atoms with E-state index in [-0.39, 0.29) is 19.3 Å². The molecule has 2 atom stereocenters. The van der Waals surface area contributed by atoms with Crippen LogP contribution in [-0.4, -0.2) is 111 Å². The second-order valence-corrected chi connectivity index (χ2v) is 15.2. The van der Waals surface area contributed by atoms with Crippen molar-refractivity contribution in [2.45, 2.75) is 71.3 Å². The monoisotopic (exact) mass is 843 g/mol. The van der Waals surface area contributed by atoms with Crippen molar-refractivity contribution in [2.75, 3.05) is 71.3 Å². The van der Waals surface area contributed by atoms with E-state index in [4.69, 9.17) is 23.7 Å². The summed E-state index contributed by atoms with van der Waals surface area (Å²) in [5.41, 5.74) is 3.46. The number of ether oxygens (including phenoxy) is 5. The highest BCUT2D eigenvalue weighted by Crippen LogP contribution is 2.36. The van der Waals surface area contributed by atoms with Crippen molar-refractivity contribution in [3.63, 3.8) is 0 Å². The molecule has 3 aromatic carbocycles. The molecule has 330 valence electrons. The van der Waals surface area contributed by atoms with Gasteiger partial charge in [0.1, 0.15) is 18.2 Å². The van der Waals surface area contributed by atoms with Gasteiger partial charge in [0.05, 0.1) is 65.1 Å². The molecule has 0 spiro atoms. The second-order valence-electron chi connectivity index (χ2n) is 15.2. The van der Waals surface area contributed by atoms with Gasteiger partial charge in [-0.25, -0.2) is 4.98 Å². The third kappa shape index (κ3) is 18.0. The quantitative estimate of drug-likeness (QED) is 0.0377. The van der Waals surface area contributed by atoms with E-state index in [0.717, 1.165) is 40.5 Å². The van der Waals surface area contributed by atoms with Gasteiger partial charge < -0.3 is 44.5 Å². The number of nitrogens with one attached hydrogen (secondary N) is 2. The van der Waals surface area contributed by atoms with Gasteiger partial charge in [0.15, 0.2) is 5.78 Å². The lowest BCUT2D eigenvalue weighted by molar-refractivity contribution is -0.141. The first-order chi connectivity index (χ1) is 29.5. The van der Waals surface area contributed by atoms with Crippen molar-refractivity contribution < 1.29 is 53.1 Å². The molecule has 14 heteroatoms. The Hall–Kier alpha value is -5.41. The Morgan fingerprint density at radius 3 is 1.95 bits per heavy atom. The van der Waals surface area contributed by atoms with E-state index in [1.807, 2.05) is 67.6 Å². The van der Waals surface area contributed by atoms with Gasteiger partial charge in [-0.1, -0.05) is 68.4 Å². The maximum atomic E-state index is 13.5. The molecular formula is C47H61N3O11. The number of rotatable bonds is 31. The number of hydrogen-bond acceptors (Lipinski definition) is 11. The molecule has 14 nitrogen and oxygen atoms in total. The lowest BCUT2D eigenvalue weighted by Crippen LogP contribution is -2.43. The largest absolute Gasteiger partial charge is 0.491 e. The van der Waals surface area contributed by atoms with Crippen molar-refractivity contribution in [1.29, 1.82) is 0 Å². The van der Waals surface area contributed by atoms with Gasteiger partial charge in [-0.3, -0.25) is 19.2 Å². The Labute approximate surface area is 358 Å². The van der Waals surface area contributed by atoms with Gasteiger partial charge in [-0.2, -0.15) is 0 Å². The zero-order valence-corrected chi connectivity index (χ0v) is 35.6. The minimum atomic E-state index is -1.30. The minimum absolute atomic E-state index is 0.0572. The number of anilines is 1. The number of aliphatic carboxylic acids is 2. The first-order valence-electron chi connectivity index (χ1n) is 21.0. The average Bonchev–Trinajstić information content (AvgIpc) is 3.23. The summed E-state index contributed by atoms with van der Waals surface area (Å²) < 4.78 is 28.4. The summed E-state index contributed by atoms with van der Waals surface area (Å²) in [5, 5.41) is 26.9. The molecule has 0 saturated carbocycles. The topological polar surface area (TPSA) is 192 Å². The number of carboxylic acid groups (broad SMARTS) is 2. The molecule has 0 aliphatic rings. The van der Waals surface area contributed by atoms with E-state index in [0.29, 0.717) is 88.9 Å². The van der Waals surface area contributed by atoms with Gasteiger partial charge in [0.2, 0.25) is 5.91 Å². The van der Waals surface area contributed by atoms with E-state index >= 15 is 0 Å². The normalized spacial score (nSPS) is 12.3. The molecule has 0 radical (unpaired) electrons. The predicted octanol–water partition coefficient (Wildman–Crippen LogP) is 7.07. The van der Waals surface area contributed by atoms with E-state index in [9.17, 15) is 29.4 Å². The molecule has 1 amide bonds. The summed E-state index contributed by atoms with van der Waals surface area (Å²) in [6.45, 7) is 11.2. The maximum Gasteiger partial charge on any atom is 0.305 e. The van der Waals surface area contributed by atoms with E-state index in [1.54, 1.807) is 18.3 Å². The molecule has 0 aliphatic carbocycles. The van der Waals surface area contributed by atoms with E-state index < -0.39 is 42.0 Å². The lowest BCUT2D eigenvalue weighted by Gasteiger charge is -2.21. The van der Waals surface area contributed by atoms with Gasteiger partial charge in [0, 0.05) is 43.5 Å². The van der Waals surface area contributed by atoms with Gasteiger partial charge in [0.25, 0.3) is 0 Å². The molecule has 4 N–H and O–H groups in total. The fourth-order valence-electron chi connectivity index (χ4n) is 6.56. The van der Waals surface area contributed by atoms with E-state index in [1.165, 1.54) is 0 Å². The number of fused-ring (bicyclic) bond motifs is 1. The first kappa shape index (κ1) is 48.3. The van der Waals surface area contributed by atoms with Crippen molar-refractivity contribution >= 4 is 40.2 Å². The Morgan fingerprint density at radius 1 is 0.705 bits per heavy atom. The van der Waals surface area contributed by atoms with E-state index in [2.05, 4.69) is 29.5 Å². The molecule has 1 aromatic heterocycles. The fraction of sp³-hybridized carbons (Fsp3) is 0.468. The molecule has 0 bridgehead atoms. The number of carbonyl (C=O) groups is 4. The highest BCUT2D eigenvalue weighted by Gasteiger charge is 2.28. The number of carbonyl (C=O) groups excluding carboxylic acids is 2. The maximum absolute atomic E-state index is 13.5. The summed E-state index contributed by atoms with van der Waals surface area (Å²) >= 11 is 0. The standard InChI is InChI=1S/C47H61N3O11/c1-33(2)17-20-57-21-22-58-23-24-59-25-26-60-27-28-61-43-15-14-38(39-7-4-5-8-40(39)43)36-12-10-35(11-13-36)37(31-46(53)54)30-42(51)41(32-47(55)56)50-45(52)9-6-18-48-44-29-34(3)16-19-49-44/h4-5,7-8,10-16,19,29,33,37,41H,6,9,17-18,20-28,30-32H2,1-3H3,(H,48,49)(H,50,52)(H,53,54)(H,55,56)/t37-,41-/m0/s1. The summed E-state index contributed by atoms with van der Waals surface area (Å²) in [6, 6.07) is 21.5. The van der Waals surface area contributed by atoms with Crippen LogP contribution in [0.1, 0.15) is 69.4 Å². The molecule has 61 heavy (non-hydrogen) atoms. The van der Waals surface area contributed by atoms with Crippen LogP contribution in [0.3, 0.4) is 0 Å². The smallest absolute Gasteiger partial charge is 0.305 e. The highest BCUT2D eigenvalue weighted by atomic mass is 16.6. The Morgan fingerprint density at radius 2 is 1.33 bits per heavy atom. The SMILES string of the molecule is Cc1ccnc(NCCCC(=O)N[C@@H](CC(=O)O)C(=O)C[C@@H](CC(=O)O)c2ccc(-c3ccc(OCCOCCOCCOCCOCCC(C)C)c4ccccc34)cc2)c1. The highest BCUT2D eigenvalue weighted by molar-refractivity contribution is 6.00. The van der Waals surface area contributed by atoms with Crippen LogP contribution in [-0.2, 0) is 38.1 Å². The first-order valence-corrected chi connectivity index (χ1v) is 21.0. The van der Waals surface area contributed by atoms with Crippen molar-refractivity contribution in [3.8, 4) is 16.9 Å². The zero-order valence-electron chi connectivity index (χ0n) is 35.6. The summed E-state index contributed by atoms with van der Waals surface area (Å²) in [4.78, 5) is 54.1. The Balaban J connectivity index is 1.27. The number of nitrogens with zero attached hydrogens (tertiary/aromatic N) is 1. The molecule has 1 heterocycles. The van der Waals surface area contributed by atoms with Crippen LogP contribution >= 0.6 is 0 Å². The number of pyridine rings is 1. The number of ketones is 1. The molecule has 0 fully saturated rings. The molecule has 0 aliphatic heterocycles. The lowest BCUT2D eigenvalue weighted by atomic mass is 9.87. The Kier molecular flexibility index (Phi) is 21.1. The predicted molar refractivity (Wildman–Crippen MR) is 233 cm³/mol. The molecule has 4 aromatic rings. The van der Waals surface area contributed by atoms with Crippen LogP contribution in [0.2, 0.25) is 0 Å². The number of benzene rings is 3. The van der Waals surface area contributed by atoms with Crippen molar-refractivity contribution in [1.82, 2.24) is 10.3 Å². The van der Waals surface area contributed by atoms with Crippen LogP contribution in [0.4, 0.5) is 5.82 Å². The van der Waals surface area contributed by atoms with Crippen LogP contribution in [0.5, 0.6) is 5.75 Å². The van der Waals surface area contributed by atoms with Crippen molar-refractivity contribution in [2.24, 2.45) is 5.92 Å². The number of carboxylic acids is 2. The van der Waals surface area contributed by atoms with Crippen LogP contribution in [0, 0.1) is 12.8 Å². The Bertz CT molecular complexity index is 1970. The number of aromatic nitrogens is 1. The van der Waals surface area contributed by atoms with Gasteiger partial charge in [-0.05, 0) is 71.5 Å². The summed E-state index contributed by atoms with van der Waals surface area (Å²) in [7, 11) is 0. The van der Waals surface area contributed by atoms with Gasteiger partial charge >= 0.3 is 11.9 Å². The van der Waals surface area contributed by atoms with Gasteiger partial charge in [-0.15, -0.1) is 0 Å². The average molecular weight is 844 g/mol. The minimum Gasteiger partial charge on any atom is -0.491 e. The van der Waals surface area contributed by atoms with Crippen molar-refractivity contribution in [3.05, 3.63) is 90.1 Å². The number of aryl methyl sites for hydroxylation is 1. The van der Waals surface area contributed by atoms with Crippen LogP contribution in [0.25, 0.3) is 21.9 Å². The summed E-state index contributed by atoms with van der Waals surface area (Å²) in [5.74, 6) is -2.11. The number of Topliss-reactive ketones (excluding diaryl/α,β-unsaturated/α-hetero) is 1. The fourth-order valence-corrected chi connectivity index (χ4v) is 6.56. The van der Waals surface area contributed by atoms with Crippen LogP contribution in [0.15, 0.2) is 79.0 Å². The molecule has 0 unspecified atom stereocenters. The second kappa shape index (κ2) is 26.7. The molecule has 0 saturated heterocycles. The molecular weight excluding hydrogens is 783 g/mol. The number of hydrogen-bond donors (Lipinski definition) is 4. The third-order valence-corrected chi connectivity index (χ3v) is 9.79. The van der Waals surface area contributed by atoms with Crippen LogP contribution < -0.4 is 15.4 Å². The summed E-state index contributed by atoms with van der Waals surface area (Å²) in [6.07, 6.45) is 1.97. The number of amides is 1. The zero-order chi connectivity index (χ0) is 43.8. The molecule has 4 rings (SSSR count).